The molecule has 1 N–H and O–H groups in total. The van der Waals surface area contributed by atoms with E-state index in [0.29, 0.717) is 57.7 Å². The molecule has 0 atom stereocenters. The predicted octanol–water partition coefficient (Wildman–Crippen LogP) is 4.69. The Morgan fingerprint density at radius 3 is 2.72 bits per heavy atom. The maximum absolute atomic E-state index is 12.8. The van der Waals surface area contributed by atoms with Crippen molar-refractivity contribution in [1.82, 2.24) is 19.9 Å². The molecule has 1 aliphatic heterocycles. The highest BCUT2D eigenvalue weighted by molar-refractivity contribution is 6.33. The summed E-state index contributed by atoms with van der Waals surface area (Å²) in [6.45, 7) is 2.11. The summed E-state index contributed by atoms with van der Waals surface area (Å²) < 4.78 is 38.5. The Hall–Kier alpha value is -2.81. The lowest BCUT2D eigenvalue weighted by molar-refractivity contribution is -0.137. The van der Waals surface area contributed by atoms with Crippen molar-refractivity contribution in [2.75, 3.05) is 31.1 Å². The van der Waals surface area contributed by atoms with Gasteiger partial charge < -0.3 is 14.8 Å². The van der Waals surface area contributed by atoms with Crippen molar-refractivity contribution in [1.29, 1.82) is 0 Å². The molecule has 170 valence electrons. The third kappa shape index (κ3) is 5.15. The number of H-pyrrole nitrogens is 1. The van der Waals surface area contributed by atoms with E-state index in [9.17, 15) is 18.0 Å². The van der Waals surface area contributed by atoms with E-state index in [0.717, 1.165) is 29.1 Å². The Morgan fingerprint density at radius 2 is 1.97 bits per heavy atom. The lowest BCUT2D eigenvalue weighted by Crippen LogP contribution is -2.35. The van der Waals surface area contributed by atoms with Crippen molar-refractivity contribution < 1.29 is 18.0 Å². The van der Waals surface area contributed by atoms with Crippen LogP contribution in [0, 0.1) is 0 Å². The number of amides is 1. The van der Waals surface area contributed by atoms with Crippen LogP contribution in [0.4, 0.5) is 19.0 Å². The van der Waals surface area contributed by atoms with Crippen LogP contribution in [0.1, 0.15) is 30.7 Å². The fourth-order valence-corrected chi connectivity index (χ4v) is 4.17. The zero-order valence-electron chi connectivity index (χ0n) is 17.3. The molecule has 4 rings (SSSR count). The summed E-state index contributed by atoms with van der Waals surface area (Å²) in [5, 5.41) is -0.0366. The summed E-state index contributed by atoms with van der Waals surface area (Å²) in [7, 11) is 0. The topological polar surface area (TPSA) is 65.1 Å². The first kappa shape index (κ1) is 22.4. The SMILES string of the molecule is O=C(CCCc1nc2ccccc2[nH]1)N1CCCN(c2ncc(C(F)(F)F)cc2Cl)CC1. The molecule has 1 aromatic carbocycles. The van der Waals surface area contributed by atoms with E-state index in [1.54, 1.807) is 4.90 Å². The number of aromatic amines is 1. The van der Waals surface area contributed by atoms with E-state index in [2.05, 4.69) is 15.0 Å². The number of carbonyl (C=O) groups is 1. The molecule has 1 fully saturated rings. The number of pyridine rings is 1. The van der Waals surface area contributed by atoms with Crippen molar-refractivity contribution in [2.45, 2.75) is 31.9 Å². The molecule has 1 amide bonds. The average Bonchev–Trinajstić information content (AvgIpc) is 3.00. The molecule has 32 heavy (non-hydrogen) atoms. The van der Waals surface area contributed by atoms with Crippen LogP contribution in [0.15, 0.2) is 36.5 Å². The maximum atomic E-state index is 12.8. The number of hydrogen-bond donors (Lipinski definition) is 1. The molecule has 0 spiro atoms. The van der Waals surface area contributed by atoms with Crippen LogP contribution in [0.3, 0.4) is 0 Å². The number of imidazole rings is 1. The van der Waals surface area contributed by atoms with Gasteiger partial charge in [0.1, 0.15) is 11.6 Å². The van der Waals surface area contributed by atoms with Crippen molar-refractivity contribution >= 4 is 34.4 Å². The first-order chi connectivity index (χ1) is 15.3. The summed E-state index contributed by atoms with van der Waals surface area (Å²) in [4.78, 5) is 28.1. The summed E-state index contributed by atoms with van der Waals surface area (Å²) in [5.41, 5.74) is 1.02. The molecule has 10 heteroatoms. The number of para-hydroxylation sites is 2. The highest BCUT2D eigenvalue weighted by Gasteiger charge is 2.32. The van der Waals surface area contributed by atoms with Gasteiger partial charge in [0, 0.05) is 45.2 Å². The van der Waals surface area contributed by atoms with Gasteiger partial charge in [0.25, 0.3) is 0 Å². The molecule has 0 unspecified atom stereocenters. The highest BCUT2D eigenvalue weighted by Crippen LogP contribution is 2.33. The Bertz CT molecular complexity index is 1070. The van der Waals surface area contributed by atoms with Gasteiger partial charge in [-0.3, -0.25) is 4.79 Å². The van der Waals surface area contributed by atoms with Crippen LogP contribution < -0.4 is 4.90 Å². The van der Waals surface area contributed by atoms with Gasteiger partial charge in [-0.05, 0) is 31.0 Å². The van der Waals surface area contributed by atoms with Crippen LogP contribution >= 0.6 is 11.6 Å². The summed E-state index contributed by atoms with van der Waals surface area (Å²) in [6.07, 6.45) is -1.21. The number of rotatable bonds is 5. The lowest BCUT2D eigenvalue weighted by atomic mass is 10.2. The number of aromatic nitrogens is 3. The van der Waals surface area contributed by atoms with E-state index in [1.165, 1.54) is 0 Å². The molecular formula is C22H23ClF3N5O. The minimum atomic E-state index is -4.49. The van der Waals surface area contributed by atoms with E-state index in [4.69, 9.17) is 11.6 Å². The molecule has 0 aliphatic carbocycles. The zero-order valence-corrected chi connectivity index (χ0v) is 18.1. The number of nitrogens with one attached hydrogen (secondary N) is 1. The van der Waals surface area contributed by atoms with Gasteiger partial charge in [-0.2, -0.15) is 13.2 Å². The van der Waals surface area contributed by atoms with Gasteiger partial charge in [0.05, 0.1) is 21.6 Å². The molecule has 0 saturated carbocycles. The molecule has 1 saturated heterocycles. The van der Waals surface area contributed by atoms with Crippen LogP contribution in [0.25, 0.3) is 11.0 Å². The monoisotopic (exact) mass is 465 g/mol. The molecular weight excluding hydrogens is 443 g/mol. The number of hydrogen-bond acceptors (Lipinski definition) is 4. The standard InChI is InChI=1S/C22H23ClF3N5O/c23-16-13-15(22(24,25)26)14-27-21(16)31-10-4-9-30(11-12-31)20(32)8-3-7-19-28-17-5-1-2-6-18(17)29-19/h1-2,5-6,13-14H,3-4,7-12H2,(H,28,29). The predicted molar refractivity (Wildman–Crippen MR) is 117 cm³/mol. The molecule has 0 radical (unpaired) electrons. The van der Waals surface area contributed by atoms with Gasteiger partial charge in [-0.1, -0.05) is 23.7 Å². The van der Waals surface area contributed by atoms with E-state index >= 15 is 0 Å². The molecule has 0 bridgehead atoms. The highest BCUT2D eigenvalue weighted by atomic mass is 35.5. The van der Waals surface area contributed by atoms with E-state index in [-0.39, 0.29) is 10.9 Å². The Balaban J connectivity index is 1.30. The van der Waals surface area contributed by atoms with Gasteiger partial charge >= 0.3 is 6.18 Å². The molecule has 6 nitrogen and oxygen atoms in total. The third-order valence-electron chi connectivity index (χ3n) is 5.54. The van der Waals surface area contributed by atoms with Crippen molar-refractivity contribution in [3.63, 3.8) is 0 Å². The summed E-state index contributed by atoms with van der Waals surface area (Å²) in [6, 6.07) is 8.70. The van der Waals surface area contributed by atoms with Crippen LogP contribution in [-0.2, 0) is 17.4 Å². The fraction of sp³-hybridized carbons (Fsp3) is 0.409. The van der Waals surface area contributed by atoms with Gasteiger partial charge in [0.15, 0.2) is 0 Å². The summed E-state index contributed by atoms with van der Waals surface area (Å²) in [5.74, 6) is 1.25. The van der Waals surface area contributed by atoms with Crippen LogP contribution in [-0.4, -0.2) is 51.9 Å². The van der Waals surface area contributed by atoms with Gasteiger partial charge in [-0.15, -0.1) is 0 Å². The first-order valence-corrected chi connectivity index (χ1v) is 10.9. The maximum Gasteiger partial charge on any atom is 0.417 e. The minimum absolute atomic E-state index is 0.0366. The number of benzene rings is 1. The molecule has 3 aromatic rings. The van der Waals surface area contributed by atoms with Crippen molar-refractivity contribution in [2.24, 2.45) is 0 Å². The number of alkyl halides is 3. The quantitative estimate of drug-likeness (QED) is 0.593. The average molecular weight is 466 g/mol. The lowest BCUT2D eigenvalue weighted by Gasteiger charge is -2.24. The molecule has 2 aromatic heterocycles. The zero-order chi connectivity index (χ0) is 22.7. The van der Waals surface area contributed by atoms with Gasteiger partial charge in [-0.25, -0.2) is 9.97 Å². The van der Waals surface area contributed by atoms with Crippen molar-refractivity contribution in [3.05, 3.63) is 52.9 Å². The number of aryl methyl sites for hydroxylation is 1. The van der Waals surface area contributed by atoms with Crippen molar-refractivity contribution in [3.8, 4) is 0 Å². The number of halogens is 4. The minimum Gasteiger partial charge on any atom is -0.354 e. The second-order valence-electron chi connectivity index (χ2n) is 7.80. The van der Waals surface area contributed by atoms with Gasteiger partial charge in [0.2, 0.25) is 5.91 Å². The normalized spacial score (nSPS) is 15.2. The smallest absolute Gasteiger partial charge is 0.354 e. The number of fused-ring (bicyclic) bond motifs is 1. The summed E-state index contributed by atoms with van der Waals surface area (Å²) >= 11 is 6.08. The number of nitrogens with zero attached hydrogens (tertiary/aromatic N) is 4. The van der Waals surface area contributed by atoms with Crippen LogP contribution in [0.5, 0.6) is 0 Å². The Kier molecular flexibility index (Phi) is 6.55. The fourth-order valence-electron chi connectivity index (χ4n) is 3.89. The second-order valence-corrected chi connectivity index (χ2v) is 8.21. The molecule has 1 aliphatic rings. The Morgan fingerprint density at radius 1 is 1.16 bits per heavy atom. The van der Waals surface area contributed by atoms with Crippen LogP contribution in [0.2, 0.25) is 5.02 Å². The first-order valence-electron chi connectivity index (χ1n) is 10.5. The second kappa shape index (κ2) is 9.36. The number of carbonyl (C=O) groups excluding carboxylic acids is 1. The van der Waals surface area contributed by atoms with E-state index < -0.39 is 11.7 Å². The third-order valence-corrected chi connectivity index (χ3v) is 5.82. The number of anilines is 1. The Labute approximate surface area is 188 Å². The molecule has 3 heterocycles. The van der Waals surface area contributed by atoms with E-state index in [1.807, 2.05) is 29.2 Å². The largest absolute Gasteiger partial charge is 0.417 e.